The van der Waals surface area contributed by atoms with E-state index in [2.05, 4.69) is 15.6 Å². The summed E-state index contributed by atoms with van der Waals surface area (Å²) in [5, 5.41) is 27.4. The molecule has 2 rings (SSSR count). The first kappa shape index (κ1) is 28.0. The van der Waals surface area contributed by atoms with E-state index in [1.807, 2.05) is 0 Å². The first-order valence-electron chi connectivity index (χ1n) is 10.9. The van der Waals surface area contributed by atoms with Gasteiger partial charge in [0.2, 0.25) is 0 Å². The van der Waals surface area contributed by atoms with Gasteiger partial charge in [-0.15, -0.1) is 0 Å². The number of imidazole rings is 1. The summed E-state index contributed by atoms with van der Waals surface area (Å²) >= 11 is 0. The number of rotatable bonds is 12. The van der Waals surface area contributed by atoms with Gasteiger partial charge in [0.1, 0.15) is 24.2 Å². The first-order chi connectivity index (χ1) is 17.0. The average molecular weight is 508 g/mol. The number of hydrogen-bond acceptors (Lipinski definition) is 11. The molecule has 0 aliphatic heterocycles. The Bertz CT molecular complexity index is 1080. The molecule has 2 aromatic rings. The second kappa shape index (κ2) is 13.0. The van der Waals surface area contributed by atoms with Crippen molar-refractivity contribution in [3.8, 4) is 0 Å². The molecule has 1 aromatic carbocycles. The molecule has 0 atom stereocenters. The van der Waals surface area contributed by atoms with Crippen molar-refractivity contribution in [3.63, 3.8) is 0 Å². The number of nitro groups is 2. The highest BCUT2D eigenvalue weighted by molar-refractivity contribution is 5.70. The van der Waals surface area contributed by atoms with Crippen LogP contribution in [0.2, 0.25) is 0 Å². The number of ether oxygens (including phenoxy) is 3. The Labute approximate surface area is 206 Å². The topological polar surface area (TPSA) is 190 Å². The fourth-order valence-electron chi connectivity index (χ4n) is 2.76. The Morgan fingerprint density at radius 3 is 2.50 bits per heavy atom. The molecule has 0 fully saturated rings. The van der Waals surface area contributed by atoms with E-state index in [4.69, 9.17) is 14.2 Å². The molecule has 0 radical (unpaired) electrons. The minimum absolute atomic E-state index is 0.00977. The van der Waals surface area contributed by atoms with Crippen LogP contribution in [-0.4, -0.2) is 70.1 Å². The zero-order chi connectivity index (χ0) is 26.7. The van der Waals surface area contributed by atoms with E-state index in [1.165, 1.54) is 24.7 Å². The number of nitrogens with one attached hydrogen (secondary N) is 2. The van der Waals surface area contributed by atoms with Crippen LogP contribution in [0.1, 0.15) is 26.5 Å². The van der Waals surface area contributed by atoms with Gasteiger partial charge in [-0.2, -0.15) is 0 Å². The maximum atomic E-state index is 12.1. The number of aromatic nitrogens is 2. The number of carbonyl (C=O) groups is 2. The normalized spacial score (nSPS) is 11.0. The summed E-state index contributed by atoms with van der Waals surface area (Å²) in [7, 11) is 0. The molecule has 0 aliphatic carbocycles. The van der Waals surface area contributed by atoms with Crippen molar-refractivity contribution in [2.75, 3.05) is 38.2 Å². The van der Waals surface area contributed by atoms with E-state index < -0.39 is 33.3 Å². The number of anilines is 1. The molecule has 0 spiro atoms. The minimum atomic E-state index is -0.710. The number of benzene rings is 1. The zero-order valence-electron chi connectivity index (χ0n) is 20.1. The third kappa shape index (κ3) is 9.54. The van der Waals surface area contributed by atoms with Crippen LogP contribution in [0.4, 0.5) is 26.7 Å². The molecule has 15 nitrogen and oxygen atoms in total. The second-order valence-corrected chi connectivity index (χ2v) is 8.32. The number of hydrogen-bond donors (Lipinski definition) is 2. The van der Waals surface area contributed by atoms with E-state index >= 15 is 0 Å². The van der Waals surface area contributed by atoms with Gasteiger partial charge in [0.15, 0.2) is 0 Å². The molecule has 0 bridgehead atoms. The number of non-ortho nitro benzene ring substituents is 1. The summed E-state index contributed by atoms with van der Waals surface area (Å²) in [6, 6.07) is 3.32. The van der Waals surface area contributed by atoms with E-state index in [9.17, 15) is 29.8 Å². The molecule has 36 heavy (non-hydrogen) atoms. The second-order valence-electron chi connectivity index (χ2n) is 8.32. The van der Waals surface area contributed by atoms with Gasteiger partial charge in [0.05, 0.1) is 34.8 Å². The quantitative estimate of drug-likeness (QED) is 0.243. The molecule has 0 saturated heterocycles. The lowest BCUT2D eigenvalue weighted by molar-refractivity contribution is -0.393. The number of alkyl carbamates (subject to hydrolysis) is 1. The average Bonchev–Trinajstić information content (AvgIpc) is 3.26. The molecule has 0 unspecified atom stereocenters. The van der Waals surface area contributed by atoms with Gasteiger partial charge in [0, 0.05) is 31.8 Å². The molecule has 2 N–H and O–H groups in total. The van der Waals surface area contributed by atoms with Crippen molar-refractivity contribution in [3.05, 3.63) is 56.6 Å². The highest BCUT2D eigenvalue weighted by Crippen LogP contribution is 2.28. The van der Waals surface area contributed by atoms with Crippen LogP contribution in [0.15, 0.2) is 30.7 Å². The number of nitro benzene ring substituents is 2. The van der Waals surface area contributed by atoms with Gasteiger partial charge in [-0.25, -0.2) is 19.1 Å². The zero-order valence-corrected chi connectivity index (χ0v) is 20.1. The minimum Gasteiger partial charge on any atom is -0.446 e. The van der Waals surface area contributed by atoms with E-state index in [0.717, 1.165) is 10.6 Å². The van der Waals surface area contributed by atoms with Crippen molar-refractivity contribution >= 4 is 29.2 Å². The Morgan fingerprint density at radius 2 is 1.83 bits per heavy atom. The van der Waals surface area contributed by atoms with Crippen LogP contribution in [-0.2, 0) is 20.6 Å². The van der Waals surface area contributed by atoms with Crippen molar-refractivity contribution in [2.45, 2.75) is 32.8 Å². The summed E-state index contributed by atoms with van der Waals surface area (Å²) in [5.41, 5.74) is -0.732. The number of carbonyl (C=O) groups excluding carboxylic acids is 2. The van der Waals surface area contributed by atoms with Gasteiger partial charge in [-0.05, 0) is 26.8 Å². The molecule has 1 aromatic heterocycles. The lowest BCUT2D eigenvalue weighted by Crippen LogP contribution is -2.34. The molecule has 0 aliphatic rings. The van der Waals surface area contributed by atoms with Gasteiger partial charge in [-0.3, -0.25) is 20.2 Å². The summed E-state index contributed by atoms with van der Waals surface area (Å²) in [4.78, 5) is 48.3. The molecular formula is C21H28N6O9. The SMILES string of the molecule is CC(C)(C)OC(=O)NCCOCCOC(=O)n1cnc(CCNc2ccc([N+](=O)[O-])cc2[N+](=O)[O-])c1. The summed E-state index contributed by atoms with van der Waals surface area (Å²) in [5.74, 6) is 0. The summed E-state index contributed by atoms with van der Waals surface area (Å²) in [6.07, 6.45) is 1.84. The monoisotopic (exact) mass is 508 g/mol. The third-order valence-electron chi connectivity index (χ3n) is 4.30. The Balaban J connectivity index is 1.69. The molecule has 1 heterocycles. The Hall–Kier alpha value is -4.27. The van der Waals surface area contributed by atoms with Crippen LogP contribution in [0, 0.1) is 20.2 Å². The van der Waals surface area contributed by atoms with Crippen LogP contribution in [0.5, 0.6) is 0 Å². The standard InChI is InChI=1S/C21H28N6O9/c1-21(2,3)36-19(28)23-8-9-34-10-11-35-20(29)25-13-15(24-14-25)6-7-22-17-5-4-16(26(30)31)12-18(17)27(32)33/h4-5,12-14,22H,6-11H2,1-3H3,(H,23,28). The lowest BCUT2D eigenvalue weighted by atomic mass is 10.2. The summed E-state index contributed by atoms with van der Waals surface area (Å²) < 4.78 is 16.6. The largest absolute Gasteiger partial charge is 0.446 e. The molecule has 15 heteroatoms. The van der Waals surface area contributed by atoms with E-state index in [0.29, 0.717) is 12.1 Å². The maximum Gasteiger partial charge on any atom is 0.419 e. The highest BCUT2D eigenvalue weighted by atomic mass is 16.6. The molecular weight excluding hydrogens is 480 g/mol. The van der Waals surface area contributed by atoms with Gasteiger partial charge >= 0.3 is 12.2 Å². The van der Waals surface area contributed by atoms with Crippen LogP contribution >= 0.6 is 0 Å². The van der Waals surface area contributed by atoms with Gasteiger partial charge < -0.3 is 24.8 Å². The van der Waals surface area contributed by atoms with Crippen LogP contribution < -0.4 is 10.6 Å². The van der Waals surface area contributed by atoms with Gasteiger partial charge in [0.25, 0.3) is 11.4 Å². The first-order valence-corrected chi connectivity index (χ1v) is 10.9. The Kier molecular flexibility index (Phi) is 10.1. The lowest BCUT2D eigenvalue weighted by Gasteiger charge is -2.19. The number of nitrogens with zero attached hydrogens (tertiary/aromatic N) is 4. The van der Waals surface area contributed by atoms with Crippen molar-refractivity contribution < 1.29 is 33.6 Å². The van der Waals surface area contributed by atoms with Crippen LogP contribution in [0.3, 0.4) is 0 Å². The van der Waals surface area contributed by atoms with E-state index in [1.54, 1.807) is 20.8 Å². The fourth-order valence-corrected chi connectivity index (χ4v) is 2.76. The summed E-state index contributed by atoms with van der Waals surface area (Å²) in [6.45, 7) is 6.08. The van der Waals surface area contributed by atoms with Crippen molar-refractivity contribution in [2.24, 2.45) is 0 Å². The molecule has 0 saturated carbocycles. The van der Waals surface area contributed by atoms with Crippen molar-refractivity contribution in [1.82, 2.24) is 14.9 Å². The van der Waals surface area contributed by atoms with Gasteiger partial charge in [-0.1, -0.05) is 0 Å². The van der Waals surface area contributed by atoms with Crippen LogP contribution in [0.25, 0.3) is 0 Å². The third-order valence-corrected chi connectivity index (χ3v) is 4.30. The maximum absolute atomic E-state index is 12.1. The predicted octanol–water partition coefficient (Wildman–Crippen LogP) is 2.88. The predicted molar refractivity (Wildman–Crippen MR) is 126 cm³/mol. The highest BCUT2D eigenvalue weighted by Gasteiger charge is 2.19. The Morgan fingerprint density at radius 1 is 1.08 bits per heavy atom. The fraction of sp³-hybridized carbons (Fsp3) is 0.476. The molecule has 1 amide bonds. The molecule has 196 valence electrons. The van der Waals surface area contributed by atoms with Crippen molar-refractivity contribution in [1.29, 1.82) is 0 Å². The smallest absolute Gasteiger partial charge is 0.419 e. The van der Waals surface area contributed by atoms with E-state index in [-0.39, 0.29) is 44.3 Å². The number of amides is 1.